The number of allylic oxidation sites excluding steroid dienone is 1. The topological polar surface area (TPSA) is 206 Å². The molecule has 4 aliphatic rings. The predicted octanol–water partition coefficient (Wildman–Crippen LogP) is 4.79. The van der Waals surface area contributed by atoms with E-state index < -0.39 is 68.7 Å². The summed E-state index contributed by atoms with van der Waals surface area (Å²) in [6.07, 6.45) is 5.72. The second-order valence-electron chi connectivity index (χ2n) is 15.5. The smallest absolute Gasteiger partial charge is 0.405 e. The number of ether oxygens (including phenoxy) is 2. The number of nitrogens with zero attached hydrogens (tertiary/aromatic N) is 3. The van der Waals surface area contributed by atoms with Gasteiger partial charge in [-0.2, -0.15) is 0 Å². The first kappa shape index (κ1) is 39.5. The van der Waals surface area contributed by atoms with E-state index in [-0.39, 0.29) is 31.7 Å². The maximum Gasteiger partial charge on any atom is 0.405 e. The molecule has 0 unspecified atom stereocenters. The van der Waals surface area contributed by atoms with Crippen LogP contribution in [0.4, 0.5) is 4.79 Å². The molecule has 3 aromatic rings. The number of carbonyl (C=O) groups is 4. The molecule has 0 radical (unpaired) electrons. The Kier molecular flexibility index (Phi) is 11.0. The normalized spacial score (nSPS) is 25.8. The summed E-state index contributed by atoms with van der Waals surface area (Å²) in [4.78, 5) is 65.5. The Morgan fingerprint density at radius 1 is 1.11 bits per heavy atom. The fourth-order valence-electron chi connectivity index (χ4n) is 7.65. The van der Waals surface area contributed by atoms with Crippen LogP contribution < -0.4 is 24.8 Å². The van der Waals surface area contributed by atoms with Crippen LogP contribution in [-0.2, 0) is 24.4 Å². The Balaban J connectivity index is 1.24. The number of hydrogen-bond acceptors (Lipinski definition) is 11. The number of rotatable bonds is 9. The molecule has 2 aliphatic carbocycles. The molecule has 17 heteroatoms. The van der Waals surface area contributed by atoms with E-state index in [4.69, 9.17) is 19.4 Å². The quantitative estimate of drug-likeness (QED) is 0.216. The zero-order valence-corrected chi connectivity index (χ0v) is 33.5. The molecule has 300 valence electrons. The molecule has 4 N–H and O–H groups in total. The number of benzene rings is 1. The molecule has 15 nitrogen and oxygen atoms in total. The van der Waals surface area contributed by atoms with Crippen LogP contribution in [0.15, 0.2) is 35.7 Å². The number of thiazole rings is 1. The first-order valence-corrected chi connectivity index (χ1v) is 21.6. The molecule has 4 heterocycles. The van der Waals surface area contributed by atoms with E-state index in [9.17, 15) is 32.7 Å². The zero-order chi connectivity index (χ0) is 39.9. The molecule has 2 aromatic heterocycles. The Labute approximate surface area is 329 Å². The van der Waals surface area contributed by atoms with Crippen LogP contribution in [0.2, 0.25) is 0 Å². The van der Waals surface area contributed by atoms with Gasteiger partial charge in [-0.05, 0) is 63.5 Å². The summed E-state index contributed by atoms with van der Waals surface area (Å²) in [5.74, 6) is -1.21. The van der Waals surface area contributed by atoms with Gasteiger partial charge in [0.05, 0.1) is 30.1 Å². The first-order valence-electron chi connectivity index (χ1n) is 19.2. The van der Waals surface area contributed by atoms with Gasteiger partial charge in [-0.25, -0.2) is 23.2 Å². The third kappa shape index (κ3) is 8.06. The number of aromatic nitrogens is 2. The number of carbonyl (C=O) groups excluding carboxylic acids is 3. The van der Waals surface area contributed by atoms with Crippen molar-refractivity contribution in [3.05, 3.63) is 47.0 Å². The summed E-state index contributed by atoms with van der Waals surface area (Å²) in [6, 6.07) is 3.17. The van der Waals surface area contributed by atoms with Crippen molar-refractivity contribution < 1.29 is 42.2 Å². The van der Waals surface area contributed by atoms with E-state index in [2.05, 4.69) is 29.2 Å². The lowest BCUT2D eigenvalue weighted by molar-refractivity contribution is -0.141. The fourth-order valence-corrected chi connectivity index (χ4v) is 9.96. The summed E-state index contributed by atoms with van der Waals surface area (Å²) in [5.41, 5.74) is 1.39. The fraction of sp³-hybridized carbons (Fsp3) is 0.538. The van der Waals surface area contributed by atoms with Crippen molar-refractivity contribution in [1.29, 1.82) is 0 Å². The number of hydrogen-bond donors (Lipinski definition) is 4. The van der Waals surface area contributed by atoms with Gasteiger partial charge in [0.2, 0.25) is 21.8 Å². The molecule has 3 fully saturated rings. The van der Waals surface area contributed by atoms with Gasteiger partial charge in [0.1, 0.15) is 45.9 Å². The summed E-state index contributed by atoms with van der Waals surface area (Å²) < 4.78 is 40.2. The van der Waals surface area contributed by atoms with Gasteiger partial charge >= 0.3 is 6.09 Å². The van der Waals surface area contributed by atoms with Gasteiger partial charge in [0.15, 0.2) is 0 Å². The number of amides is 4. The highest BCUT2D eigenvalue weighted by molar-refractivity contribution is 7.91. The molecule has 1 saturated heterocycles. The largest absolute Gasteiger partial charge is 0.496 e. The van der Waals surface area contributed by atoms with E-state index in [1.807, 2.05) is 36.6 Å². The number of sulfonamides is 1. The van der Waals surface area contributed by atoms with Crippen molar-refractivity contribution in [3.63, 3.8) is 0 Å². The Bertz CT molecular complexity index is 2190. The number of carboxylic acid groups (broad SMARTS) is 1. The molecule has 1 aromatic carbocycles. The average Bonchev–Trinajstić information content (AvgIpc) is 4.03. The van der Waals surface area contributed by atoms with Crippen molar-refractivity contribution in [2.24, 2.45) is 5.92 Å². The number of fused-ring (bicyclic) bond motifs is 3. The van der Waals surface area contributed by atoms with E-state index in [1.54, 1.807) is 13.2 Å². The lowest BCUT2D eigenvalue weighted by Gasteiger charge is -2.29. The minimum atomic E-state index is -3.91. The Hall–Kier alpha value is -4.77. The van der Waals surface area contributed by atoms with Crippen molar-refractivity contribution in [2.45, 2.75) is 113 Å². The van der Waals surface area contributed by atoms with Gasteiger partial charge in [-0.3, -0.25) is 19.1 Å². The summed E-state index contributed by atoms with van der Waals surface area (Å²) >= 11 is 1.46. The summed E-state index contributed by atoms with van der Waals surface area (Å²) in [6.45, 7) is 5.96. The second kappa shape index (κ2) is 15.6. The minimum Gasteiger partial charge on any atom is -0.496 e. The number of nitrogens with one attached hydrogen (secondary N) is 3. The summed E-state index contributed by atoms with van der Waals surface area (Å²) in [5, 5.41) is 17.6. The van der Waals surface area contributed by atoms with E-state index in [0.717, 1.165) is 24.1 Å². The molecule has 0 spiro atoms. The molecular weight excluding hydrogens is 761 g/mol. The molecular formula is C39H48N6O9S2. The van der Waals surface area contributed by atoms with Crippen molar-refractivity contribution in [3.8, 4) is 22.2 Å². The zero-order valence-electron chi connectivity index (χ0n) is 31.9. The average molecular weight is 809 g/mol. The van der Waals surface area contributed by atoms with Crippen LogP contribution in [0, 0.1) is 12.8 Å². The van der Waals surface area contributed by atoms with Gasteiger partial charge in [0.25, 0.3) is 5.91 Å². The van der Waals surface area contributed by atoms with Crippen LogP contribution >= 0.6 is 11.3 Å². The number of methoxy groups -OCH3 is 1. The Morgan fingerprint density at radius 3 is 2.59 bits per heavy atom. The highest BCUT2D eigenvalue weighted by Gasteiger charge is 2.62. The molecule has 5 atom stereocenters. The monoisotopic (exact) mass is 808 g/mol. The van der Waals surface area contributed by atoms with E-state index >= 15 is 0 Å². The maximum absolute atomic E-state index is 14.4. The van der Waals surface area contributed by atoms with Gasteiger partial charge in [-0.1, -0.05) is 38.8 Å². The highest BCUT2D eigenvalue weighted by Crippen LogP contribution is 2.46. The van der Waals surface area contributed by atoms with Crippen LogP contribution in [-0.4, -0.2) is 94.8 Å². The third-order valence-corrected chi connectivity index (χ3v) is 13.8. The molecule has 0 bridgehead atoms. The van der Waals surface area contributed by atoms with Crippen LogP contribution in [0.5, 0.6) is 11.5 Å². The van der Waals surface area contributed by atoms with Gasteiger partial charge < -0.3 is 30.1 Å². The minimum absolute atomic E-state index is 0.0129. The van der Waals surface area contributed by atoms with Crippen molar-refractivity contribution in [1.82, 2.24) is 30.2 Å². The lowest BCUT2D eigenvalue weighted by Crippen LogP contribution is -2.58. The van der Waals surface area contributed by atoms with Crippen LogP contribution in [0.25, 0.3) is 21.6 Å². The van der Waals surface area contributed by atoms with E-state index in [1.165, 1.54) is 16.2 Å². The highest BCUT2D eigenvalue weighted by atomic mass is 32.2. The SMILES string of the molecule is COc1ccc2c(O[C@@H]3C[C@H]4C(=O)N[C@]5(C(=O)NS(=O)(=O)C6CC6)C[C@H]5C=CCCCCC[C@H](NC(=O)O)C(=O)N4C3)cc(-c3nc(C(C)C)cs3)nc2c1C. The van der Waals surface area contributed by atoms with Crippen LogP contribution in [0.1, 0.15) is 88.8 Å². The lowest BCUT2D eigenvalue weighted by atomic mass is 10.1. The number of aryl methyl sites for hydroxylation is 1. The standard InChI is InChI=1S/C39H48N6O9S2/c1-21(2)29-20-55-35(41-29)28-17-32(26-14-15-31(53-4)22(3)33(26)40-28)54-24-16-30-34(46)43-39(37(48)44-56(51,52)25-12-13-25)18-23(39)10-8-6-5-7-9-11-27(42-38(49)50)36(47)45(30)19-24/h8,10,14-15,17,20-21,23-25,27,30,42H,5-7,9,11-13,16,18-19H2,1-4H3,(H,43,46)(H,44,48)(H,49,50)/t23-,24-,27+,30+,39-/m1/s1. The Morgan fingerprint density at radius 2 is 1.89 bits per heavy atom. The molecule has 2 saturated carbocycles. The van der Waals surface area contributed by atoms with Crippen LogP contribution in [0.3, 0.4) is 0 Å². The third-order valence-electron chi connectivity index (χ3n) is 11.1. The molecule has 2 aliphatic heterocycles. The van der Waals surface area contributed by atoms with Gasteiger partial charge in [-0.15, -0.1) is 11.3 Å². The molecule has 56 heavy (non-hydrogen) atoms. The predicted molar refractivity (Wildman–Crippen MR) is 209 cm³/mol. The molecule has 7 rings (SSSR count). The molecule has 4 amide bonds. The first-order chi connectivity index (χ1) is 26.7. The number of pyridine rings is 1. The van der Waals surface area contributed by atoms with E-state index in [0.29, 0.717) is 58.8 Å². The summed E-state index contributed by atoms with van der Waals surface area (Å²) in [7, 11) is -2.33. The van der Waals surface area contributed by atoms with Crippen molar-refractivity contribution >= 4 is 56.1 Å². The second-order valence-corrected chi connectivity index (χ2v) is 18.3. The maximum atomic E-state index is 14.4. The van der Waals surface area contributed by atoms with Crippen molar-refractivity contribution in [2.75, 3.05) is 13.7 Å². The van der Waals surface area contributed by atoms with Gasteiger partial charge in [0, 0.05) is 34.7 Å².